The van der Waals surface area contributed by atoms with Crippen molar-refractivity contribution in [2.24, 2.45) is 10.9 Å². The molecule has 0 aliphatic carbocycles. The monoisotopic (exact) mass is 465 g/mol. The van der Waals surface area contributed by atoms with Crippen LogP contribution in [-0.4, -0.2) is 74.7 Å². The summed E-state index contributed by atoms with van der Waals surface area (Å²) in [5.74, 6) is 1.74. The second kappa shape index (κ2) is 13.1. The van der Waals surface area contributed by atoms with Gasteiger partial charge in [0.05, 0.1) is 0 Å². The molecule has 0 aromatic heterocycles. The highest BCUT2D eigenvalue weighted by molar-refractivity contribution is 14.0. The van der Waals surface area contributed by atoms with Crippen LogP contribution in [0.4, 0.5) is 0 Å². The van der Waals surface area contributed by atoms with Crippen molar-refractivity contribution in [1.29, 1.82) is 0 Å². The van der Waals surface area contributed by atoms with E-state index in [-0.39, 0.29) is 24.0 Å². The molecule has 0 aromatic rings. The van der Waals surface area contributed by atoms with E-state index in [0.29, 0.717) is 6.04 Å². The van der Waals surface area contributed by atoms with Crippen molar-refractivity contribution in [2.45, 2.75) is 58.4 Å². The number of rotatable bonds is 7. The topological polar surface area (TPSA) is 42.9 Å². The maximum Gasteiger partial charge on any atom is 0.191 e. The Labute approximate surface area is 172 Å². The lowest BCUT2D eigenvalue weighted by Gasteiger charge is -2.33. The molecule has 148 valence electrons. The Morgan fingerprint density at radius 1 is 1.12 bits per heavy atom. The molecule has 2 aliphatic heterocycles. The van der Waals surface area contributed by atoms with Crippen LogP contribution >= 0.6 is 24.0 Å². The second-order valence-electron chi connectivity index (χ2n) is 7.60. The molecule has 2 rings (SSSR count). The molecular weight excluding hydrogens is 425 g/mol. The molecule has 0 aromatic carbocycles. The average molecular weight is 465 g/mol. The third-order valence-corrected chi connectivity index (χ3v) is 5.33. The quantitative estimate of drug-likeness (QED) is 0.345. The third kappa shape index (κ3) is 8.91. The van der Waals surface area contributed by atoms with Crippen molar-refractivity contribution in [3.63, 3.8) is 0 Å². The third-order valence-electron chi connectivity index (χ3n) is 5.33. The van der Waals surface area contributed by atoms with Crippen molar-refractivity contribution in [3.8, 4) is 0 Å². The van der Waals surface area contributed by atoms with Gasteiger partial charge >= 0.3 is 0 Å². The Kier molecular flexibility index (Phi) is 12.1. The van der Waals surface area contributed by atoms with Crippen molar-refractivity contribution >= 4 is 29.9 Å². The largest absolute Gasteiger partial charge is 0.357 e. The second-order valence-corrected chi connectivity index (χ2v) is 7.60. The predicted octanol–water partition coefficient (Wildman–Crippen LogP) is 2.77. The molecule has 0 saturated carbocycles. The minimum Gasteiger partial charge on any atom is -0.357 e. The van der Waals surface area contributed by atoms with Gasteiger partial charge in [-0.1, -0.05) is 13.3 Å². The Hall–Kier alpha value is -0.0800. The van der Waals surface area contributed by atoms with Gasteiger partial charge in [-0.25, -0.2) is 0 Å². The molecule has 0 radical (unpaired) electrons. The van der Waals surface area contributed by atoms with Crippen LogP contribution < -0.4 is 10.6 Å². The minimum atomic E-state index is 0. The van der Waals surface area contributed by atoms with E-state index in [0.717, 1.165) is 25.0 Å². The summed E-state index contributed by atoms with van der Waals surface area (Å²) in [6.45, 7) is 12.5. The normalized spacial score (nSPS) is 24.0. The number of nitrogens with one attached hydrogen (secondary N) is 2. The molecule has 0 amide bonds. The Bertz CT molecular complexity index is 369. The lowest BCUT2D eigenvalue weighted by Crippen LogP contribution is -2.49. The summed E-state index contributed by atoms with van der Waals surface area (Å²) in [5.41, 5.74) is 0. The highest BCUT2D eigenvalue weighted by atomic mass is 127. The van der Waals surface area contributed by atoms with Gasteiger partial charge in [-0.15, -0.1) is 24.0 Å². The maximum atomic E-state index is 4.89. The molecule has 5 nitrogen and oxygen atoms in total. The van der Waals surface area contributed by atoms with Gasteiger partial charge in [-0.2, -0.15) is 0 Å². The van der Waals surface area contributed by atoms with Crippen LogP contribution in [0.2, 0.25) is 0 Å². The van der Waals surface area contributed by atoms with Gasteiger partial charge in [0.1, 0.15) is 0 Å². The summed E-state index contributed by atoms with van der Waals surface area (Å²) in [6.07, 6.45) is 7.74. The number of piperidine rings is 2. The number of hydrogen-bond donors (Lipinski definition) is 2. The van der Waals surface area contributed by atoms with Crippen molar-refractivity contribution in [1.82, 2.24) is 20.4 Å². The first-order valence-corrected chi connectivity index (χ1v) is 10.2. The van der Waals surface area contributed by atoms with Gasteiger partial charge in [0.25, 0.3) is 0 Å². The first-order chi connectivity index (χ1) is 11.7. The van der Waals surface area contributed by atoms with Crippen LogP contribution in [0.5, 0.6) is 0 Å². The summed E-state index contributed by atoms with van der Waals surface area (Å²) in [5, 5.41) is 7.12. The van der Waals surface area contributed by atoms with Crippen molar-refractivity contribution < 1.29 is 0 Å². The molecule has 6 heteroatoms. The maximum absolute atomic E-state index is 4.89. The number of guanidine groups is 1. The fourth-order valence-electron chi connectivity index (χ4n) is 3.84. The number of nitrogens with zero attached hydrogens (tertiary/aromatic N) is 3. The highest BCUT2D eigenvalue weighted by Crippen LogP contribution is 2.15. The molecule has 25 heavy (non-hydrogen) atoms. The minimum absolute atomic E-state index is 0. The van der Waals surface area contributed by atoms with E-state index in [1.807, 2.05) is 0 Å². The molecule has 2 saturated heterocycles. The van der Waals surface area contributed by atoms with E-state index >= 15 is 0 Å². The molecule has 1 unspecified atom stereocenters. The zero-order chi connectivity index (χ0) is 17.2. The molecule has 0 spiro atoms. The number of hydrogen-bond acceptors (Lipinski definition) is 3. The number of halogens is 1. The Morgan fingerprint density at radius 2 is 1.88 bits per heavy atom. The van der Waals surface area contributed by atoms with E-state index in [4.69, 9.17) is 4.99 Å². The van der Waals surface area contributed by atoms with Gasteiger partial charge < -0.3 is 20.4 Å². The Balaban J connectivity index is 0.00000312. The van der Waals surface area contributed by atoms with Crippen LogP contribution in [0.1, 0.15) is 52.4 Å². The zero-order valence-corrected chi connectivity index (χ0v) is 18.9. The standard InChI is InChI=1S/C19H39N5.HI/c1-4-6-12-24-13-9-18(10-14-24)22-19(20-5-2)21-15-17-8-7-11-23(3)16-17;/h17-18H,4-16H2,1-3H3,(H2,20,21,22);1H. The summed E-state index contributed by atoms with van der Waals surface area (Å²) in [7, 11) is 2.23. The molecule has 2 aliphatic rings. The van der Waals surface area contributed by atoms with Gasteiger partial charge in [0.15, 0.2) is 5.96 Å². The van der Waals surface area contributed by atoms with Gasteiger partial charge in [0.2, 0.25) is 0 Å². The Morgan fingerprint density at radius 3 is 2.52 bits per heavy atom. The molecular formula is C19H40IN5. The van der Waals surface area contributed by atoms with Gasteiger partial charge in [-0.05, 0) is 65.1 Å². The van der Waals surface area contributed by atoms with Crippen LogP contribution in [0.15, 0.2) is 4.99 Å². The van der Waals surface area contributed by atoms with E-state index in [1.165, 1.54) is 71.2 Å². The summed E-state index contributed by atoms with van der Waals surface area (Å²) < 4.78 is 0. The number of unbranched alkanes of at least 4 members (excludes halogenated alkanes) is 1. The fourth-order valence-corrected chi connectivity index (χ4v) is 3.84. The lowest BCUT2D eigenvalue weighted by atomic mass is 9.99. The van der Waals surface area contributed by atoms with Crippen LogP contribution in [0.25, 0.3) is 0 Å². The number of aliphatic imine (C=N–C) groups is 1. The molecule has 2 N–H and O–H groups in total. The summed E-state index contributed by atoms with van der Waals surface area (Å²) in [4.78, 5) is 9.94. The molecule has 1 atom stereocenters. The SMILES string of the molecule is CCCCN1CCC(NC(=NCC2CCCN(C)C2)NCC)CC1.I. The fraction of sp³-hybridized carbons (Fsp3) is 0.947. The van der Waals surface area contributed by atoms with Crippen LogP contribution in [-0.2, 0) is 0 Å². The first kappa shape index (κ1) is 23.0. The van der Waals surface area contributed by atoms with Crippen LogP contribution in [0.3, 0.4) is 0 Å². The van der Waals surface area contributed by atoms with Crippen molar-refractivity contribution in [3.05, 3.63) is 0 Å². The molecule has 2 heterocycles. The highest BCUT2D eigenvalue weighted by Gasteiger charge is 2.20. The summed E-state index contributed by atoms with van der Waals surface area (Å²) >= 11 is 0. The number of likely N-dealkylation sites (tertiary alicyclic amines) is 2. The first-order valence-electron chi connectivity index (χ1n) is 10.2. The van der Waals surface area contributed by atoms with Gasteiger partial charge in [0, 0.05) is 38.8 Å². The van der Waals surface area contributed by atoms with Crippen molar-refractivity contribution in [2.75, 3.05) is 52.9 Å². The smallest absolute Gasteiger partial charge is 0.191 e. The molecule has 2 fully saturated rings. The summed E-state index contributed by atoms with van der Waals surface area (Å²) in [6, 6.07) is 0.578. The zero-order valence-electron chi connectivity index (χ0n) is 16.6. The van der Waals surface area contributed by atoms with E-state index < -0.39 is 0 Å². The lowest BCUT2D eigenvalue weighted by molar-refractivity contribution is 0.203. The van der Waals surface area contributed by atoms with E-state index in [2.05, 4.69) is 41.3 Å². The average Bonchev–Trinajstić information content (AvgIpc) is 2.59. The van der Waals surface area contributed by atoms with E-state index in [1.54, 1.807) is 0 Å². The van der Waals surface area contributed by atoms with E-state index in [9.17, 15) is 0 Å². The molecule has 0 bridgehead atoms. The van der Waals surface area contributed by atoms with Gasteiger partial charge in [-0.3, -0.25) is 4.99 Å². The predicted molar refractivity (Wildman–Crippen MR) is 119 cm³/mol. The van der Waals surface area contributed by atoms with Crippen LogP contribution in [0, 0.1) is 5.92 Å².